The van der Waals surface area contributed by atoms with Crippen LogP contribution >= 0.6 is 0 Å². The fourth-order valence-corrected chi connectivity index (χ4v) is 5.13. The summed E-state index contributed by atoms with van der Waals surface area (Å²) in [5.74, 6) is 1.72. The molecule has 0 spiro atoms. The number of aryl methyl sites for hydroxylation is 1. The number of rotatable bonds is 5. The van der Waals surface area contributed by atoms with E-state index >= 15 is 0 Å². The summed E-state index contributed by atoms with van der Waals surface area (Å²) in [6, 6.07) is 9.16. The number of likely N-dealkylation sites (tertiary alicyclic amines) is 1. The topological polar surface area (TPSA) is 12.5 Å². The monoisotopic (exact) mass is 313 g/mol. The number of ether oxygens (including phenoxy) is 1. The summed E-state index contributed by atoms with van der Waals surface area (Å²) in [4.78, 5) is 2.63. The van der Waals surface area contributed by atoms with Crippen LogP contribution in [0, 0.1) is 18.8 Å². The number of benzene rings is 1. The van der Waals surface area contributed by atoms with Crippen LogP contribution in [0.2, 0.25) is 0 Å². The number of piperidine rings is 1. The summed E-state index contributed by atoms with van der Waals surface area (Å²) in [6.45, 7) is 9.29. The zero-order valence-electron chi connectivity index (χ0n) is 14.8. The van der Waals surface area contributed by atoms with Crippen LogP contribution in [-0.2, 0) is 10.2 Å². The molecule has 1 aromatic rings. The van der Waals surface area contributed by atoms with Crippen LogP contribution in [-0.4, -0.2) is 37.2 Å². The highest BCUT2D eigenvalue weighted by molar-refractivity contribution is 5.39. The summed E-state index contributed by atoms with van der Waals surface area (Å²) in [5, 5.41) is 0. The summed E-state index contributed by atoms with van der Waals surface area (Å²) >= 11 is 0. The van der Waals surface area contributed by atoms with E-state index in [-0.39, 0.29) is 0 Å². The van der Waals surface area contributed by atoms with Gasteiger partial charge in [-0.1, -0.05) is 56.0 Å². The Balaban J connectivity index is 1.25. The molecular weight excluding hydrogens is 282 g/mol. The van der Waals surface area contributed by atoms with E-state index in [1.165, 1.54) is 50.8 Å². The first-order chi connectivity index (χ1) is 11.2. The maximum atomic E-state index is 6.11. The Kier molecular flexibility index (Phi) is 4.23. The van der Waals surface area contributed by atoms with Crippen molar-refractivity contribution in [3.63, 3.8) is 0 Å². The lowest BCUT2D eigenvalue weighted by atomic mass is 9.91. The Bertz CT molecular complexity index is 537. The Morgan fingerprint density at radius 3 is 2.57 bits per heavy atom. The van der Waals surface area contributed by atoms with Gasteiger partial charge in [0.05, 0.1) is 12.7 Å². The van der Waals surface area contributed by atoms with Gasteiger partial charge < -0.3 is 9.64 Å². The van der Waals surface area contributed by atoms with E-state index in [0.717, 1.165) is 25.0 Å². The van der Waals surface area contributed by atoms with Crippen LogP contribution in [0.1, 0.15) is 50.2 Å². The quantitative estimate of drug-likeness (QED) is 0.809. The van der Waals surface area contributed by atoms with Gasteiger partial charge in [-0.3, -0.25) is 0 Å². The van der Waals surface area contributed by atoms with Crippen molar-refractivity contribution in [2.24, 2.45) is 11.8 Å². The summed E-state index contributed by atoms with van der Waals surface area (Å²) in [7, 11) is 0. The molecule has 1 heterocycles. The molecule has 0 bridgehead atoms. The molecule has 2 saturated carbocycles. The average Bonchev–Trinajstić information content (AvgIpc) is 2.93. The molecule has 126 valence electrons. The SMILES string of the molecule is Cc1cccc(C2(C)C3CN(CCOC4CCCCC4)CC32)c1. The predicted molar refractivity (Wildman–Crippen MR) is 94.8 cm³/mol. The molecule has 1 aliphatic heterocycles. The average molecular weight is 313 g/mol. The molecule has 0 N–H and O–H groups in total. The molecule has 1 saturated heterocycles. The van der Waals surface area contributed by atoms with Crippen LogP contribution in [0.25, 0.3) is 0 Å². The smallest absolute Gasteiger partial charge is 0.0597 e. The van der Waals surface area contributed by atoms with Gasteiger partial charge in [-0.05, 0) is 37.2 Å². The summed E-state index contributed by atoms with van der Waals surface area (Å²) in [6.07, 6.45) is 7.28. The second-order valence-corrected chi connectivity index (χ2v) is 8.26. The van der Waals surface area contributed by atoms with Crippen molar-refractivity contribution in [1.29, 1.82) is 0 Å². The van der Waals surface area contributed by atoms with Crippen molar-refractivity contribution in [1.82, 2.24) is 4.90 Å². The normalized spacial score (nSPS) is 34.5. The molecule has 2 aliphatic carbocycles. The van der Waals surface area contributed by atoms with E-state index in [0.29, 0.717) is 11.5 Å². The molecule has 0 amide bonds. The molecule has 2 unspecified atom stereocenters. The van der Waals surface area contributed by atoms with Crippen molar-refractivity contribution in [3.8, 4) is 0 Å². The van der Waals surface area contributed by atoms with Crippen LogP contribution in [0.3, 0.4) is 0 Å². The Labute approximate surface area is 141 Å². The molecule has 0 aromatic heterocycles. The lowest BCUT2D eigenvalue weighted by Crippen LogP contribution is -2.33. The molecule has 2 atom stereocenters. The van der Waals surface area contributed by atoms with E-state index in [9.17, 15) is 0 Å². The van der Waals surface area contributed by atoms with Crippen LogP contribution in [0.5, 0.6) is 0 Å². The Hall–Kier alpha value is -0.860. The van der Waals surface area contributed by atoms with E-state index in [2.05, 4.69) is 43.0 Å². The van der Waals surface area contributed by atoms with Crippen molar-refractivity contribution < 1.29 is 4.74 Å². The highest BCUT2D eigenvalue weighted by atomic mass is 16.5. The fourth-order valence-electron chi connectivity index (χ4n) is 5.13. The van der Waals surface area contributed by atoms with Crippen molar-refractivity contribution in [2.75, 3.05) is 26.2 Å². The van der Waals surface area contributed by atoms with Crippen molar-refractivity contribution >= 4 is 0 Å². The molecule has 2 heteroatoms. The second kappa shape index (κ2) is 6.22. The Morgan fingerprint density at radius 2 is 1.87 bits per heavy atom. The van der Waals surface area contributed by atoms with Gasteiger partial charge in [-0.2, -0.15) is 0 Å². The highest BCUT2D eigenvalue weighted by Crippen LogP contribution is 2.63. The number of fused-ring (bicyclic) bond motifs is 1. The first-order valence-electron chi connectivity index (χ1n) is 9.59. The van der Waals surface area contributed by atoms with Gasteiger partial charge >= 0.3 is 0 Å². The highest BCUT2D eigenvalue weighted by Gasteiger charge is 2.65. The van der Waals surface area contributed by atoms with Gasteiger partial charge in [0.25, 0.3) is 0 Å². The number of hydrogen-bond donors (Lipinski definition) is 0. The number of hydrogen-bond acceptors (Lipinski definition) is 2. The zero-order chi connectivity index (χ0) is 15.9. The maximum absolute atomic E-state index is 6.11. The molecule has 2 nitrogen and oxygen atoms in total. The largest absolute Gasteiger partial charge is 0.377 e. The van der Waals surface area contributed by atoms with Gasteiger partial charge in [-0.25, -0.2) is 0 Å². The van der Waals surface area contributed by atoms with E-state index < -0.39 is 0 Å². The van der Waals surface area contributed by atoms with Crippen LogP contribution in [0.4, 0.5) is 0 Å². The molecule has 3 fully saturated rings. The fraction of sp³-hybridized carbons (Fsp3) is 0.714. The van der Waals surface area contributed by atoms with Gasteiger partial charge in [0.2, 0.25) is 0 Å². The van der Waals surface area contributed by atoms with Crippen LogP contribution in [0.15, 0.2) is 24.3 Å². The van der Waals surface area contributed by atoms with Crippen molar-refractivity contribution in [2.45, 2.75) is 57.5 Å². The second-order valence-electron chi connectivity index (χ2n) is 8.26. The van der Waals surface area contributed by atoms with Crippen molar-refractivity contribution in [3.05, 3.63) is 35.4 Å². The lowest BCUT2D eigenvalue weighted by molar-refractivity contribution is 0.0169. The Morgan fingerprint density at radius 1 is 1.13 bits per heavy atom. The lowest BCUT2D eigenvalue weighted by Gasteiger charge is -2.26. The number of nitrogens with zero attached hydrogens (tertiary/aromatic N) is 1. The van der Waals surface area contributed by atoms with Gasteiger partial charge in [0, 0.05) is 25.0 Å². The first-order valence-corrected chi connectivity index (χ1v) is 9.59. The van der Waals surface area contributed by atoms with Gasteiger partial charge in [-0.15, -0.1) is 0 Å². The maximum Gasteiger partial charge on any atom is 0.0597 e. The molecule has 0 radical (unpaired) electrons. The third kappa shape index (κ3) is 2.96. The molecule has 1 aromatic carbocycles. The minimum atomic E-state index is 0.437. The summed E-state index contributed by atoms with van der Waals surface area (Å²) in [5.41, 5.74) is 3.39. The van der Waals surface area contributed by atoms with Crippen LogP contribution < -0.4 is 0 Å². The summed E-state index contributed by atoms with van der Waals surface area (Å²) < 4.78 is 6.11. The standard InChI is InChI=1S/C21H31NO/c1-16-7-6-8-17(13-16)21(2)19-14-22(15-20(19)21)11-12-23-18-9-4-3-5-10-18/h6-8,13,18-20H,3-5,9-12,14-15H2,1-2H3. The molecule has 4 rings (SSSR count). The minimum Gasteiger partial charge on any atom is -0.377 e. The predicted octanol–water partition coefficient (Wildman–Crippen LogP) is 4.16. The minimum absolute atomic E-state index is 0.437. The van der Waals surface area contributed by atoms with Gasteiger partial charge in [0.15, 0.2) is 0 Å². The van der Waals surface area contributed by atoms with Gasteiger partial charge in [0.1, 0.15) is 0 Å². The molecular formula is C21H31NO. The van der Waals surface area contributed by atoms with E-state index in [1.807, 2.05) is 0 Å². The third-order valence-corrected chi connectivity index (χ3v) is 6.78. The first kappa shape index (κ1) is 15.7. The van der Waals surface area contributed by atoms with E-state index in [4.69, 9.17) is 4.74 Å². The molecule has 23 heavy (non-hydrogen) atoms. The third-order valence-electron chi connectivity index (χ3n) is 6.78. The molecule has 3 aliphatic rings. The zero-order valence-corrected chi connectivity index (χ0v) is 14.8. The van der Waals surface area contributed by atoms with E-state index in [1.54, 1.807) is 5.56 Å².